The minimum absolute atomic E-state index is 0.0987. The first kappa shape index (κ1) is 19.2. The first-order valence-corrected chi connectivity index (χ1v) is 9.10. The molecular formula is C19H30N4O2. The molecule has 1 saturated heterocycles. The van der Waals surface area contributed by atoms with Crippen LogP contribution in [0.15, 0.2) is 24.3 Å². The Morgan fingerprint density at radius 1 is 1.08 bits per heavy atom. The fourth-order valence-electron chi connectivity index (χ4n) is 3.09. The summed E-state index contributed by atoms with van der Waals surface area (Å²) in [5.74, 6) is -1.10. The van der Waals surface area contributed by atoms with Gasteiger partial charge in [-0.2, -0.15) is 0 Å². The van der Waals surface area contributed by atoms with Crippen LogP contribution in [0, 0.1) is 0 Å². The van der Waals surface area contributed by atoms with Gasteiger partial charge < -0.3 is 15.5 Å². The molecule has 138 valence electrons. The number of amides is 2. The van der Waals surface area contributed by atoms with Crippen molar-refractivity contribution in [3.8, 4) is 0 Å². The van der Waals surface area contributed by atoms with Crippen LogP contribution in [0.4, 0.5) is 5.69 Å². The number of hydrogen-bond acceptors (Lipinski definition) is 4. The van der Waals surface area contributed by atoms with Crippen LogP contribution in [0.3, 0.4) is 0 Å². The first-order valence-electron chi connectivity index (χ1n) is 9.10. The highest BCUT2D eigenvalue weighted by Gasteiger charge is 2.25. The van der Waals surface area contributed by atoms with Crippen molar-refractivity contribution in [3.63, 3.8) is 0 Å². The van der Waals surface area contributed by atoms with Crippen LogP contribution in [0.2, 0.25) is 0 Å². The van der Waals surface area contributed by atoms with Gasteiger partial charge in [0, 0.05) is 32.9 Å². The molecule has 25 heavy (non-hydrogen) atoms. The summed E-state index contributed by atoms with van der Waals surface area (Å²) in [7, 11) is 4.03. The zero-order chi connectivity index (χ0) is 18.2. The van der Waals surface area contributed by atoms with E-state index in [9.17, 15) is 9.59 Å². The molecule has 0 saturated carbocycles. The van der Waals surface area contributed by atoms with Gasteiger partial charge in [-0.05, 0) is 50.0 Å². The smallest absolute Gasteiger partial charge is 0.309 e. The van der Waals surface area contributed by atoms with Crippen molar-refractivity contribution in [2.45, 2.75) is 32.2 Å². The number of anilines is 1. The second-order valence-electron chi connectivity index (χ2n) is 6.71. The summed E-state index contributed by atoms with van der Waals surface area (Å²) in [6.45, 7) is 4.97. The van der Waals surface area contributed by atoms with E-state index in [1.165, 1.54) is 18.4 Å². The maximum Gasteiger partial charge on any atom is 0.309 e. The molecule has 0 unspecified atom stereocenters. The Balaban J connectivity index is 2.03. The summed E-state index contributed by atoms with van der Waals surface area (Å²) >= 11 is 0. The Hall–Kier alpha value is -2.08. The third kappa shape index (κ3) is 5.46. The van der Waals surface area contributed by atoms with Crippen LogP contribution >= 0.6 is 0 Å². The summed E-state index contributed by atoms with van der Waals surface area (Å²) in [6.07, 6.45) is 3.17. The van der Waals surface area contributed by atoms with E-state index in [0.717, 1.165) is 25.2 Å². The Kier molecular flexibility index (Phi) is 7.25. The number of carbonyl (C=O) groups excluding carboxylic acids is 2. The lowest BCUT2D eigenvalue weighted by Gasteiger charge is -2.28. The predicted molar refractivity (Wildman–Crippen MR) is 101 cm³/mol. The number of likely N-dealkylation sites (tertiary alicyclic amines) is 1. The maximum atomic E-state index is 12.0. The summed E-state index contributed by atoms with van der Waals surface area (Å²) in [4.78, 5) is 28.2. The fraction of sp³-hybridized carbons (Fsp3) is 0.579. The average molecular weight is 346 g/mol. The molecule has 1 aliphatic rings. The van der Waals surface area contributed by atoms with E-state index in [1.807, 2.05) is 21.0 Å². The summed E-state index contributed by atoms with van der Waals surface area (Å²) < 4.78 is 0. The maximum absolute atomic E-state index is 12.0. The van der Waals surface area contributed by atoms with E-state index in [4.69, 9.17) is 0 Å². The SMILES string of the molecule is CCCNC(=O)C(=O)NC[C@@H](c1ccc(N(C)C)cc1)N1CCCC1. The molecule has 1 atom stereocenters. The van der Waals surface area contributed by atoms with E-state index in [0.29, 0.717) is 13.1 Å². The molecule has 6 heteroatoms. The lowest BCUT2D eigenvalue weighted by Crippen LogP contribution is -2.44. The third-order valence-corrected chi connectivity index (χ3v) is 4.57. The lowest BCUT2D eigenvalue weighted by molar-refractivity contribution is -0.139. The van der Waals surface area contributed by atoms with Gasteiger partial charge in [-0.1, -0.05) is 19.1 Å². The normalized spacial score (nSPS) is 15.6. The van der Waals surface area contributed by atoms with Crippen LogP contribution in [-0.2, 0) is 9.59 Å². The van der Waals surface area contributed by atoms with Crippen LogP contribution < -0.4 is 15.5 Å². The van der Waals surface area contributed by atoms with Gasteiger partial charge in [0.05, 0.1) is 6.04 Å². The molecular weight excluding hydrogens is 316 g/mol. The average Bonchev–Trinajstić information content (AvgIpc) is 3.14. The van der Waals surface area contributed by atoms with Crippen LogP contribution in [0.5, 0.6) is 0 Å². The van der Waals surface area contributed by atoms with E-state index >= 15 is 0 Å². The van der Waals surface area contributed by atoms with Crippen LogP contribution in [-0.4, -0.2) is 57.0 Å². The topological polar surface area (TPSA) is 64.7 Å². The largest absolute Gasteiger partial charge is 0.378 e. The summed E-state index contributed by atoms with van der Waals surface area (Å²) in [5, 5.41) is 5.42. The molecule has 1 aromatic carbocycles. The highest BCUT2D eigenvalue weighted by Crippen LogP contribution is 2.26. The Morgan fingerprint density at radius 2 is 1.68 bits per heavy atom. The van der Waals surface area contributed by atoms with E-state index in [1.54, 1.807) is 0 Å². The molecule has 6 nitrogen and oxygen atoms in total. The van der Waals surface area contributed by atoms with Crippen molar-refractivity contribution < 1.29 is 9.59 Å². The highest BCUT2D eigenvalue weighted by atomic mass is 16.2. The molecule has 0 aromatic heterocycles. The quantitative estimate of drug-likeness (QED) is 0.735. The molecule has 1 aromatic rings. The number of rotatable bonds is 7. The van der Waals surface area contributed by atoms with E-state index < -0.39 is 11.8 Å². The Labute approximate surface area is 150 Å². The standard InChI is InChI=1S/C19H30N4O2/c1-4-11-20-18(24)19(25)21-14-17(23-12-5-6-13-23)15-7-9-16(10-8-15)22(2)3/h7-10,17H,4-6,11-14H2,1-3H3,(H,20,24)(H,21,25)/t17-/m0/s1. The molecule has 1 fully saturated rings. The van der Waals surface area contributed by atoms with E-state index in [2.05, 4.69) is 44.7 Å². The lowest BCUT2D eigenvalue weighted by atomic mass is 10.0. The first-order chi connectivity index (χ1) is 12.0. The second kappa shape index (κ2) is 9.42. The Bertz CT molecular complexity index is 565. The third-order valence-electron chi connectivity index (χ3n) is 4.57. The molecule has 0 bridgehead atoms. The molecule has 2 rings (SSSR count). The van der Waals surface area contributed by atoms with Crippen LogP contribution in [0.1, 0.15) is 37.8 Å². The van der Waals surface area contributed by atoms with Gasteiger partial charge in [0.25, 0.3) is 0 Å². The zero-order valence-electron chi connectivity index (χ0n) is 15.5. The number of nitrogens with one attached hydrogen (secondary N) is 2. The highest BCUT2D eigenvalue weighted by molar-refractivity contribution is 6.35. The molecule has 0 radical (unpaired) electrons. The molecule has 2 N–H and O–H groups in total. The van der Waals surface area contributed by atoms with Gasteiger partial charge in [-0.3, -0.25) is 14.5 Å². The van der Waals surface area contributed by atoms with Crippen molar-refractivity contribution in [2.75, 3.05) is 45.2 Å². The molecule has 0 spiro atoms. The van der Waals surface area contributed by atoms with Gasteiger partial charge in [0.1, 0.15) is 0 Å². The van der Waals surface area contributed by atoms with Gasteiger partial charge in [0.15, 0.2) is 0 Å². The van der Waals surface area contributed by atoms with Crippen LogP contribution in [0.25, 0.3) is 0 Å². The second-order valence-corrected chi connectivity index (χ2v) is 6.71. The van der Waals surface area contributed by atoms with Crippen molar-refractivity contribution in [3.05, 3.63) is 29.8 Å². The molecule has 0 aliphatic carbocycles. The minimum atomic E-state index is -0.553. The molecule has 1 aliphatic heterocycles. The van der Waals surface area contributed by atoms with Crippen molar-refractivity contribution >= 4 is 17.5 Å². The number of nitrogens with zero attached hydrogens (tertiary/aromatic N) is 2. The number of benzene rings is 1. The molecule has 2 amide bonds. The van der Waals surface area contributed by atoms with E-state index in [-0.39, 0.29) is 6.04 Å². The van der Waals surface area contributed by atoms with Gasteiger partial charge >= 0.3 is 11.8 Å². The Morgan fingerprint density at radius 3 is 2.24 bits per heavy atom. The van der Waals surface area contributed by atoms with Crippen molar-refractivity contribution in [2.24, 2.45) is 0 Å². The van der Waals surface area contributed by atoms with Crippen molar-refractivity contribution in [1.29, 1.82) is 0 Å². The minimum Gasteiger partial charge on any atom is -0.378 e. The summed E-state index contributed by atoms with van der Waals surface area (Å²) in [6, 6.07) is 8.51. The summed E-state index contributed by atoms with van der Waals surface area (Å²) in [5.41, 5.74) is 2.31. The van der Waals surface area contributed by atoms with Crippen molar-refractivity contribution in [1.82, 2.24) is 15.5 Å². The number of carbonyl (C=O) groups is 2. The van der Waals surface area contributed by atoms with Gasteiger partial charge in [-0.25, -0.2) is 0 Å². The fourth-order valence-corrected chi connectivity index (χ4v) is 3.09. The number of hydrogen-bond donors (Lipinski definition) is 2. The monoisotopic (exact) mass is 346 g/mol. The molecule has 1 heterocycles. The van der Waals surface area contributed by atoms with Gasteiger partial charge in [-0.15, -0.1) is 0 Å². The predicted octanol–water partition coefficient (Wildman–Crippen LogP) is 1.53. The van der Waals surface area contributed by atoms with Gasteiger partial charge in [0.2, 0.25) is 0 Å². The zero-order valence-corrected chi connectivity index (χ0v) is 15.5.